The van der Waals surface area contributed by atoms with Crippen molar-refractivity contribution in [3.8, 4) is 0 Å². The molecule has 0 fully saturated rings. The molecule has 2 heterocycles. The zero-order valence-corrected chi connectivity index (χ0v) is 12.9. The summed E-state index contributed by atoms with van der Waals surface area (Å²) in [6.07, 6.45) is 1.02. The van der Waals surface area contributed by atoms with E-state index in [0.29, 0.717) is 0 Å². The Kier molecular flexibility index (Phi) is 6.99. The summed E-state index contributed by atoms with van der Waals surface area (Å²) >= 11 is 0. The molecular weight excluding hydrogens is 273 g/mol. The van der Waals surface area contributed by atoms with Crippen molar-refractivity contribution < 1.29 is 0 Å². The zero-order chi connectivity index (χ0) is 11.7. The van der Waals surface area contributed by atoms with Crippen LogP contribution in [-0.2, 0) is 20.0 Å². The first-order valence-corrected chi connectivity index (χ1v) is 5.75. The van der Waals surface area contributed by atoms with E-state index in [0.717, 1.165) is 38.4 Å². The fourth-order valence-corrected chi connectivity index (χ4v) is 2.11. The van der Waals surface area contributed by atoms with Gasteiger partial charge in [-0.1, -0.05) is 0 Å². The Bertz CT molecular complexity index is 378. The van der Waals surface area contributed by atoms with Crippen molar-refractivity contribution in [2.75, 3.05) is 39.5 Å². The van der Waals surface area contributed by atoms with Crippen LogP contribution in [0.25, 0.3) is 0 Å². The zero-order valence-electron chi connectivity index (χ0n) is 11.2. The molecule has 1 aromatic rings. The summed E-state index contributed by atoms with van der Waals surface area (Å²) < 4.78 is 1.79. The van der Waals surface area contributed by atoms with Gasteiger partial charge in [-0.25, -0.2) is 0 Å². The van der Waals surface area contributed by atoms with Crippen molar-refractivity contribution in [1.82, 2.24) is 19.6 Å². The number of fused-ring (bicyclic) bond motifs is 1. The van der Waals surface area contributed by atoms with Crippen LogP contribution in [0.3, 0.4) is 0 Å². The molecule has 2 N–H and O–H groups in total. The highest BCUT2D eigenvalue weighted by atomic mass is 35.5. The summed E-state index contributed by atoms with van der Waals surface area (Å²) in [6, 6.07) is 0. The van der Waals surface area contributed by atoms with Crippen LogP contribution in [0, 0.1) is 0 Å². The Morgan fingerprint density at radius 3 is 2.61 bits per heavy atom. The van der Waals surface area contributed by atoms with E-state index in [2.05, 4.69) is 29.0 Å². The second-order valence-electron chi connectivity index (χ2n) is 4.76. The third kappa shape index (κ3) is 3.75. The number of anilines is 1. The number of nitrogens with zero attached hydrogens (tertiary/aromatic N) is 4. The van der Waals surface area contributed by atoms with Gasteiger partial charge < -0.3 is 10.6 Å². The van der Waals surface area contributed by atoms with Crippen LogP contribution in [0.15, 0.2) is 0 Å². The van der Waals surface area contributed by atoms with Gasteiger partial charge >= 0.3 is 0 Å². The molecule has 0 atom stereocenters. The molecule has 18 heavy (non-hydrogen) atoms. The molecule has 0 radical (unpaired) electrons. The molecule has 2 rings (SSSR count). The van der Waals surface area contributed by atoms with Crippen LogP contribution in [0.4, 0.5) is 5.82 Å². The van der Waals surface area contributed by atoms with Crippen molar-refractivity contribution in [3.05, 3.63) is 11.3 Å². The Balaban J connectivity index is 0.00000144. The van der Waals surface area contributed by atoms with Crippen LogP contribution < -0.4 is 5.73 Å². The van der Waals surface area contributed by atoms with Gasteiger partial charge in [0, 0.05) is 45.2 Å². The molecule has 0 saturated heterocycles. The summed E-state index contributed by atoms with van der Waals surface area (Å²) in [7, 11) is 6.12. The van der Waals surface area contributed by atoms with Gasteiger partial charge in [-0.15, -0.1) is 24.8 Å². The molecule has 0 saturated carbocycles. The van der Waals surface area contributed by atoms with Gasteiger partial charge in [-0.3, -0.25) is 9.58 Å². The maximum absolute atomic E-state index is 6.00. The van der Waals surface area contributed by atoms with Crippen molar-refractivity contribution in [2.24, 2.45) is 7.05 Å². The molecule has 0 amide bonds. The van der Waals surface area contributed by atoms with Gasteiger partial charge in [-0.2, -0.15) is 5.10 Å². The second-order valence-corrected chi connectivity index (χ2v) is 4.76. The van der Waals surface area contributed by atoms with E-state index in [4.69, 9.17) is 5.73 Å². The molecule has 0 spiro atoms. The highest BCUT2D eigenvalue weighted by molar-refractivity contribution is 5.85. The van der Waals surface area contributed by atoms with Gasteiger partial charge in [0.05, 0.1) is 5.69 Å². The molecule has 1 aliphatic rings. The maximum Gasteiger partial charge on any atom is 0.126 e. The maximum atomic E-state index is 6.00. The number of aryl methyl sites for hydroxylation is 1. The number of halogens is 2. The van der Waals surface area contributed by atoms with Crippen LogP contribution >= 0.6 is 24.8 Å². The van der Waals surface area contributed by atoms with Crippen molar-refractivity contribution in [1.29, 1.82) is 0 Å². The molecule has 0 aliphatic carbocycles. The fourth-order valence-electron chi connectivity index (χ4n) is 2.11. The number of rotatable bonds is 3. The molecule has 1 aliphatic heterocycles. The predicted octanol–water partition coefficient (Wildman–Crippen LogP) is 0.766. The van der Waals surface area contributed by atoms with Gasteiger partial charge in [0.1, 0.15) is 5.82 Å². The number of aromatic nitrogens is 2. The van der Waals surface area contributed by atoms with Gasteiger partial charge in [0.25, 0.3) is 0 Å². The summed E-state index contributed by atoms with van der Waals surface area (Å²) in [5, 5.41) is 4.44. The number of nitrogen functional groups attached to an aromatic ring is 1. The smallest absolute Gasteiger partial charge is 0.126 e. The van der Waals surface area contributed by atoms with Crippen LogP contribution in [0.1, 0.15) is 11.3 Å². The Labute approximate surface area is 121 Å². The lowest BCUT2D eigenvalue weighted by atomic mass is 10.1. The Hall–Kier alpha value is -0.490. The summed E-state index contributed by atoms with van der Waals surface area (Å²) in [5.74, 6) is 0.824. The predicted molar refractivity (Wildman–Crippen MR) is 79.7 cm³/mol. The highest BCUT2D eigenvalue weighted by Crippen LogP contribution is 2.22. The van der Waals surface area contributed by atoms with E-state index in [-0.39, 0.29) is 24.8 Å². The minimum absolute atomic E-state index is 0. The van der Waals surface area contributed by atoms with Crippen molar-refractivity contribution >= 4 is 30.6 Å². The first-order chi connectivity index (χ1) is 7.58. The van der Waals surface area contributed by atoms with Gasteiger partial charge in [0.2, 0.25) is 0 Å². The SMILES string of the molecule is CN(C)CCN1CCc2nn(C)c(N)c2C1.Cl.Cl. The molecule has 0 aromatic carbocycles. The monoisotopic (exact) mass is 295 g/mol. The van der Waals surface area contributed by atoms with E-state index in [1.165, 1.54) is 11.3 Å². The largest absolute Gasteiger partial charge is 0.384 e. The first-order valence-electron chi connectivity index (χ1n) is 5.75. The van der Waals surface area contributed by atoms with Crippen LogP contribution in [0.2, 0.25) is 0 Å². The number of hydrogen-bond acceptors (Lipinski definition) is 4. The third-order valence-corrected chi connectivity index (χ3v) is 3.19. The van der Waals surface area contributed by atoms with E-state index in [1.807, 2.05) is 7.05 Å². The molecule has 5 nitrogen and oxygen atoms in total. The van der Waals surface area contributed by atoms with Crippen molar-refractivity contribution in [2.45, 2.75) is 13.0 Å². The van der Waals surface area contributed by atoms with Crippen LogP contribution in [-0.4, -0.2) is 53.3 Å². The first kappa shape index (κ1) is 17.5. The lowest BCUT2D eigenvalue weighted by Gasteiger charge is -2.27. The number of nitrogens with two attached hydrogens (primary N) is 1. The van der Waals surface area contributed by atoms with E-state index >= 15 is 0 Å². The summed E-state index contributed by atoms with van der Waals surface area (Å²) in [5.41, 5.74) is 8.42. The lowest BCUT2D eigenvalue weighted by molar-refractivity contribution is 0.225. The number of hydrogen-bond donors (Lipinski definition) is 1. The fraction of sp³-hybridized carbons (Fsp3) is 0.727. The summed E-state index contributed by atoms with van der Waals surface area (Å²) in [4.78, 5) is 4.66. The van der Waals surface area contributed by atoms with Crippen LogP contribution in [0.5, 0.6) is 0 Å². The highest BCUT2D eigenvalue weighted by Gasteiger charge is 2.22. The Morgan fingerprint density at radius 1 is 1.33 bits per heavy atom. The van der Waals surface area contributed by atoms with Gasteiger partial charge in [0.15, 0.2) is 0 Å². The Morgan fingerprint density at radius 2 is 2.00 bits per heavy atom. The van der Waals surface area contributed by atoms with E-state index < -0.39 is 0 Å². The minimum atomic E-state index is 0. The van der Waals surface area contributed by atoms with E-state index in [9.17, 15) is 0 Å². The third-order valence-electron chi connectivity index (χ3n) is 3.19. The molecule has 7 heteroatoms. The molecule has 106 valence electrons. The number of likely N-dealkylation sites (N-methyl/N-ethyl adjacent to an activating group) is 1. The van der Waals surface area contributed by atoms with E-state index in [1.54, 1.807) is 4.68 Å². The topological polar surface area (TPSA) is 50.3 Å². The lowest BCUT2D eigenvalue weighted by Crippen LogP contribution is -2.35. The standard InChI is InChI=1S/C11H21N5.2ClH/c1-14(2)6-7-16-5-4-10-9(8-16)11(12)15(3)13-10;;/h4-8,12H2,1-3H3;2*1H. The molecular formula is C11H23Cl2N5. The van der Waals surface area contributed by atoms with Crippen molar-refractivity contribution in [3.63, 3.8) is 0 Å². The molecule has 0 bridgehead atoms. The molecule has 0 unspecified atom stereocenters. The van der Waals surface area contributed by atoms with Gasteiger partial charge in [-0.05, 0) is 14.1 Å². The average Bonchev–Trinajstić information content (AvgIpc) is 2.52. The quantitative estimate of drug-likeness (QED) is 0.895. The minimum Gasteiger partial charge on any atom is -0.384 e. The average molecular weight is 296 g/mol. The second kappa shape index (κ2) is 7.19. The molecule has 1 aromatic heterocycles. The normalized spacial score (nSPS) is 14.9. The summed E-state index contributed by atoms with van der Waals surface area (Å²) in [6.45, 7) is 4.23.